The van der Waals surface area contributed by atoms with E-state index in [0.29, 0.717) is 5.92 Å². The quantitative estimate of drug-likeness (QED) is 0.859. The fourth-order valence-electron chi connectivity index (χ4n) is 2.75. The highest BCUT2D eigenvalue weighted by Gasteiger charge is 2.21. The third-order valence-electron chi connectivity index (χ3n) is 4.01. The second-order valence-corrected chi connectivity index (χ2v) is 5.81. The first-order valence-corrected chi connectivity index (χ1v) is 7.33. The second-order valence-electron chi connectivity index (χ2n) is 5.41. The number of aromatic nitrogens is 5. The zero-order chi connectivity index (χ0) is 13.9. The number of nitrogens with zero attached hydrogens (tertiary/aromatic N) is 6. The molecule has 2 aromatic heterocycles. The maximum Gasteiger partial charge on any atom is 0.0831 e. The molecule has 7 heteroatoms. The summed E-state index contributed by atoms with van der Waals surface area (Å²) < 4.78 is 3.79. The van der Waals surface area contributed by atoms with Crippen LogP contribution in [0.2, 0.25) is 5.02 Å². The Hall–Kier alpha value is -1.40. The predicted molar refractivity (Wildman–Crippen MR) is 76.2 cm³/mol. The number of aryl methyl sites for hydroxylation is 1. The summed E-state index contributed by atoms with van der Waals surface area (Å²) in [6, 6.07) is 0. The summed E-state index contributed by atoms with van der Waals surface area (Å²) in [5.74, 6) is 0.690. The van der Waals surface area contributed by atoms with Gasteiger partial charge in [-0.3, -0.25) is 14.3 Å². The number of halogens is 1. The Balaban J connectivity index is 1.51. The van der Waals surface area contributed by atoms with Gasteiger partial charge in [-0.1, -0.05) is 16.8 Å². The maximum atomic E-state index is 6.16. The van der Waals surface area contributed by atoms with Crippen LogP contribution in [0.4, 0.5) is 0 Å². The van der Waals surface area contributed by atoms with Gasteiger partial charge in [0.25, 0.3) is 0 Å². The molecule has 0 unspecified atom stereocenters. The Morgan fingerprint density at radius 2 is 2.15 bits per heavy atom. The Bertz CT molecular complexity index is 522. The van der Waals surface area contributed by atoms with Crippen molar-refractivity contribution in [2.24, 2.45) is 13.0 Å². The Morgan fingerprint density at radius 1 is 1.35 bits per heavy atom. The van der Waals surface area contributed by atoms with Crippen molar-refractivity contribution in [2.45, 2.75) is 25.9 Å². The predicted octanol–water partition coefficient (Wildman–Crippen LogP) is 1.58. The largest absolute Gasteiger partial charge is 0.297 e. The van der Waals surface area contributed by atoms with E-state index in [0.717, 1.165) is 36.9 Å². The lowest BCUT2D eigenvalue weighted by atomic mass is 9.97. The molecule has 3 heterocycles. The highest BCUT2D eigenvalue weighted by atomic mass is 35.5. The molecular weight excluding hydrogens is 276 g/mol. The molecule has 0 radical (unpaired) electrons. The molecule has 1 aliphatic rings. The minimum atomic E-state index is 0.690. The van der Waals surface area contributed by atoms with Gasteiger partial charge < -0.3 is 0 Å². The SMILES string of the molecule is Cn1ncc(Cl)c1CN1CCC(Cn2ccnn2)CC1. The van der Waals surface area contributed by atoms with Gasteiger partial charge >= 0.3 is 0 Å². The fraction of sp³-hybridized carbons (Fsp3) is 0.615. The number of hydrogen-bond donors (Lipinski definition) is 0. The summed E-state index contributed by atoms with van der Waals surface area (Å²) >= 11 is 6.16. The zero-order valence-electron chi connectivity index (χ0n) is 11.6. The Kier molecular flexibility index (Phi) is 4.03. The lowest BCUT2D eigenvalue weighted by Gasteiger charge is -2.31. The van der Waals surface area contributed by atoms with Crippen LogP contribution in [0.1, 0.15) is 18.5 Å². The summed E-state index contributed by atoms with van der Waals surface area (Å²) in [5, 5.41) is 12.8. The summed E-state index contributed by atoms with van der Waals surface area (Å²) in [7, 11) is 1.94. The molecule has 1 fully saturated rings. The first-order valence-electron chi connectivity index (χ1n) is 6.95. The molecule has 0 spiro atoms. The van der Waals surface area contributed by atoms with E-state index in [1.54, 1.807) is 12.4 Å². The smallest absolute Gasteiger partial charge is 0.0831 e. The van der Waals surface area contributed by atoms with Crippen molar-refractivity contribution in [1.29, 1.82) is 0 Å². The van der Waals surface area contributed by atoms with Crippen LogP contribution in [0.25, 0.3) is 0 Å². The first kappa shape index (κ1) is 13.6. The van der Waals surface area contributed by atoms with E-state index in [-0.39, 0.29) is 0 Å². The van der Waals surface area contributed by atoms with Crippen molar-refractivity contribution >= 4 is 11.6 Å². The number of hydrogen-bond acceptors (Lipinski definition) is 4. The van der Waals surface area contributed by atoms with Crippen LogP contribution in [0.3, 0.4) is 0 Å². The molecule has 108 valence electrons. The van der Waals surface area contributed by atoms with Gasteiger partial charge in [0.1, 0.15) is 0 Å². The van der Waals surface area contributed by atoms with E-state index in [1.165, 1.54) is 12.8 Å². The van der Waals surface area contributed by atoms with Gasteiger partial charge in [-0.25, -0.2) is 0 Å². The molecule has 2 aromatic rings. The van der Waals surface area contributed by atoms with Crippen LogP contribution in [-0.4, -0.2) is 42.8 Å². The van der Waals surface area contributed by atoms with Crippen LogP contribution in [0.5, 0.6) is 0 Å². The Labute approximate surface area is 123 Å². The first-order chi connectivity index (χ1) is 9.72. The molecule has 0 atom stereocenters. The van der Waals surface area contributed by atoms with Gasteiger partial charge in [-0.2, -0.15) is 5.10 Å². The van der Waals surface area contributed by atoms with E-state index in [2.05, 4.69) is 20.3 Å². The van der Waals surface area contributed by atoms with Crippen LogP contribution in [0, 0.1) is 5.92 Å². The van der Waals surface area contributed by atoms with E-state index < -0.39 is 0 Å². The minimum absolute atomic E-state index is 0.690. The van der Waals surface area contributed by atoms with Crippen molar-refractivity contribution in [3.8, 4) is 0 Å². The average Bonchev–Trinajstić information content (AvgIpc) is 3.06. The fourth-order valence-corrected chi connectivity index (χ4v) is 2.97. The van der Waals surface area contributed by atoms with Gasteiger partial charge in [-0.15, -0.1) is 5.10 Å². The highest BCUT2D eigenvalue weighted by Crippen LogP contribution is 2.22. The monoisotopic (exact) mass is 294 g/mol. The normalized spacial score (nSPS) is 17.7. The molecule has 0 N–H and O–H groups in total. The lowest BCUT2D eigenvalue weighted by molar-refractivity contribution is 0.161. The van der Waals surface area contributed by atoms with Crippen molar-refractivity contribution in [3.63, 3.8) is 0 Å². The summed E-state index contributed by atoms with van der Waals surface area (Å²) in [6.07, 6.45) is 7.76. The molecule has 0 saturated carbocycles. The minimum Gasteiger partial charge on any atom is -0.297 e. The zero-order valence-corrected chi connectivity index (χ0v) is 12.4. The van der Waals surface area contributed by atoms with E-state index in [1.807, 2.05) is 22.6 Å². The topological polar surface area (TPSA) is 51.8 Å². The molecule has 0 amide bonds. The molecule has 0 bridgehead atoms. The third kappa shape index (κ3) is 3.02. The van der Waals surface area contributed by atoms with Crippen molar-refractivity contribution in [1.82, 2.24) is 29.7 Å². The summed E-state index contributed by atoms with van der Waals surface area (Å²) in [5.41, 5.74) is 1.10. The summed E-state index contributed by atoms with van der Waals surface area (Å²) in [4.78, 5) is 2.45. The number of likely N-dealkylation sites (tertiary alicyclic amines) is 1. The van der Waals surface area contributed by atoms with Crippen LogP contribution >= 0.6 is 11.6 Å². The second kappa shape index (κ2) is 5.93. The average molecular weight is 295 g/mol. The van der Waals surface area contributed by atoms with E-state index in [9.17, 15) is 0 Å². The number of rotatable bonds is 4. The van der Waals surface area contributed by atoms with E-state index in [4.69, 9.17) is 11.6 Å². The van der Waals surface area contributed by atoms with E-state index >= 15 is 0 Å². The van der Waals surface area contributed by atoms with Gasteiger partial charge in [0.15, 0.2) is 0 Å². The van der Waals surface area contributed by atoms with Crippen molar-refractivity contribution in [2.75, 3.05) is 13.1 Å². The maximum absolute atomic E-state index is 6.16. The third-order valence-corrected chi connectivity index (χ3v) is 4.32. The molecule has 3 rings (SSSR count). The van der Waals surface area contributed by atoms with Gasteiger partial charge in [0.05, 0.1) is 23.1 Å². The highest BCUT2D eigenvalue weighted by molar-refractivity contribution is 6.31. The van der Waals surface area contributed by atoms with Crippen molar-refractivity contribution in [3.05, 3.63) is 29.3 Å². The molecule has 6 nitrogen and oxygen atoms in total. The lowest BCUT2D eigenvalue weighted by Crippen LogP contribution is -2.35. The standard InChI is InChI=1S/C13H19ClN6/c1-18-13(12(14)8-16-18)10-19-5-2-11(3-6-19)9-20-7-4-15-17-20/h4,7-8,11H,2-3,5-6,9-10H2,1H3. The number of piperidine rings is 1. The van der Waals surface area contributed by atoms with Crippen LogP contribution in [-0.2, 0) is 20.1 Å². The molecule has 0 aromatic carbocycles. The molecule has 20 heavy (non-hydrogen) atoms. The molecule has 1 saturated heterocycles. The molecular formula is C13H19ClN6. The van der Waals surface area contributed by atoms with Crippen LogP contribution in [0.15, 0.2) is 18.6 Å². The Morgan fingerprint density at radius 3 is 2.75 bits per heavy atom. The van der Waals surface area contributed by atoms with Gasteiger partial charge in [0.2, 0.25) is 0 Å². The molecule has 1 aliphatic heterocycles. The van der Waals surface area contributed by atoms with Crippen LogP contribution < -0.4 is 0 Å². The van der Waals surface area contributed by atoms with Gasteiger partial charge in [0, 0.05) is 26.3 Å². The van der Waals surface area contributed by atoms with Crippen molar-refractivity contribution < 1.29 is 0 Å². The van der Waals surface area contributed by atoms with Gasteiger partial charge in [-0.05, 0) is 31.8 Å². The summed E-state index contributed by atoms with van der Waals surface area (Å²) in [6.45, 7) is 4.05. The molecule has 0 aliphatic carbocycles.